The first-order chi connectivity index (χ1) is 12.0. The monoisotopic (exact) mass is 392 g/mol. The lowest BCUT2D eigenvalue weighted by molar-refractivity contribution is 0.281. The second-order valence-electron chi connectivity index (χ2n) is 6.97. The number of hydrogen-bond acceptors (Lipinski definition) is 2. The Balaban J connectivity index is 0.00000243. The van der Waals surface area contributed by atoms with E-state index in [2.05, 4.69) is 49.4 Å². The van der Waals surface area contributed by atoms with Crippen molar-refractivity contribution in [3.05, 3.63) is 58.4 Å². The number of pyridine rings is 1. The summed E-state index contributed by atoms with van der Waals surface area (Å²) in [4.78, 5) is 4.51. The van der Waals surface area contributed by atoms with Crippen molar-refractivity contribution in [2.75, 3.05) is 6.61 Å². The van der Waals surface area contributed by atoms with Crippen LogP contribution in [-0.4, -0.2) is 16.2 Å². The maximum atomic E-state index is 6.16. The molecule has 0 amide bonds. The average molecular weight is 393 g/mol. The first-order valence-electron chi connectivity index (χ1n) is 8.79. The number of hydrogen-bond donors (Lipinski definition) is 0. The average Bonchev–Trinajstić information content (AvgIpc) is 2.81. The Morgan fingerprint density at radius 3 is 2.65 bits per heavy atom. The van der Waals surface area contributed by atoms with E-state index in [-0.39, 0.29) is 12.4 Å². The first-order valence-corrected chi connectivity index (χ1v) is 9.16. The molecule has 2 heterocycles. The molecule has 0 atom stereocenters. The third kappa shape index (κ3) is 4.33. The fourth-order valence-corrected chi connectivity index (χ4v) is 3.29. The number of aryl methyl sites for hydroxylation is 1. The zero-order chi connectivity index (χ0) is 18.0. The van der Waals surface area contributed by atoms with Crippen LogP contribution in [0.25, 0.3) is 10.9 Å². The zero-order valence-electron chi connectivity index (χ0n) is 15.8. The molecule has 3 nitrogen and oxygen atoms in total. The van der Waals surface area contributed by atoms with E-state index < -0.39 is 0 Å². The van der Waals surface area contributed by atoms with Crippen LogP contribution in [0.4, 0.5) is 0 Å². The summed E-state index contributed by atoms with van der Waals surface area (Å²) in [6.07, 6.45) is 2.86. The van der Waals surface area contributed by atoms with Crippen LogP contribution in [-0.2, 0) is 6.54 Å². The largest absolute Gasteiger partial charge is 0.476 e. The molecule has 0 radical (unpaired) electrons. The minimum Gasteiger partial charge on any atom is -0.476 e. The molecule has 0 aliphatic rings. The van der Waals surface area contributed by atoms with Gasteiger partial charge in [-0.1, -0.05) is 37.6 Å². The Labute approximate surface area is 166 Å². The van der Waals surface area contributed by atoms with Crippen molar-refractivity contribution in [2.24, 2.45) is 5.92 Å². The molecule has 0 N–H and O–H groups in total. The predicted octanol–water partition coefficient (Wildman–Crippen LogP) is 6.20. The van der Waals surface area contributed by atoms with Crippen LogP contribution in [0.5, 0.6) is 5.88 Å². The van der Waals surface area contributed by atoms with Gasteiger partial charge in [-0.25, -0.2) is 4.98 Å². The number of rotatable bonds is 6. The van der Waals surface area contributed by atoms with Gasteiger partial charge in [-0.15, -0.1) is 12.4 Å². The Hall–Kier alpha value is -1.71. The molecule has 0 aliphatic heterocycles. The van der Waals surface area contributed by atoms with Gasteiger partial charge in [0.15, 0.2) is 0 Å². The molecule has 1 aromatic carbocycles. The van der Waals surface area contributed by atoms with Crippen molar-refractivity contribution >= 4 is 34.9 Å². The number of aromatic nitrogens is 2. The normalized spacial score (nSPS) is 11.0. The highest BCUT2D eigenvalue weighted by Crippen LogP contribution is 2.32. The minimum absolute atomic E-state index is 0. The first kappa shape index (κ1) is 20.6. The van der Waals surface area contributed by atoms with Gasteiger partial charge in [0.05, 0.1) is 6.61 Å². The van der Waals surface area contributed by atoms with Crippen molar-refractivity contribution in [1.82, 2.24) is 9.55 Å². The Bertz CT molecular complexity index is 887. The molecule has 2 aromatic heterocycles. The van der Waals surface area contributed by atoms with Gasteiger partial charge in [0.25, 0.3) is 0 Å². The summed E-state index contributed by atoms with van der Waals surface area (Å²) in [7, 11) is 0. The number of nitrogens with zero attached hydrogens (tertiary/aromatic N) is 2. The van der Waals surface area contributed by atoms with Crippen molar-refractivity contribution in [3.8, 4) is 5.88 Å². The van der Waals surface area contributed by atoms with E-state index in [1.54, 1.807) is 0 Å². The molecule has 0 fully saturated rings. The van der Waals surface area contributed by atoms with E-state index in [4.69, 9.17) is 16.3 Å². The van der Waals surface area contributed by atoms with Crippen LogP contribution in [0.3, 0.4) is 0 Å². The molecule has 0 unspecified atom stereocenters. The Morgan fingerprint density at radius 2 is 1.96 bits per heavy atom. The molecule has 0 bridgehead atoms. The van der Waals surface area contributed by atoms with E-state index in [0.29, 0.717) is 12.5 Å². The molecule has 26 heavy (non-hydrogen) atoms. The maximum absolute atomic E-state index is 6.16. The second kappa shape index (κ2) is 8.79. The lowest BCUT2D eigenvalue weighted by atomic mass is 10.1. The van der Waals surface area contributed by atoms with Gasteiger partial charge in [0.1, 0.15) is 5.52 Å². The van der Waals surface area contributed by atoms with Gasteiger partial charge >= 0.3 is 0 Å². The highest BCUT2D eigenvalue weighted by Gasteiger charge is 2.16. The van der Waals surface area contributed by atoms with E-state index >= 15 is 0 Å². The molecule has 5 heteroatoms. The van der Waals surface area contributed by atoms with Crippen molar-refractivity contribution < 1.29 is 4.74 Å². The van der Waals surface area contributed by atoms with E-state index in [9.17, 15) is 0 Å². The summed E-state index contributed by atoms with van der Waals surface area (Å²) in [5, 5.41) is 1.96. The Kier molecular flexibility index (Phi) is 6.96. The summed E-state index contributed by atoms with van der Waals surface area (Å²) in [6, 6.07) is 10.1. The second-order valence-corrected chi connectivity index (χ2v) is 7.41. The maximum Gasteiger partial charge on any atom is 0.238 e. The molecule has 0 saturated heterocycles. The quantitative estimate of drug-likeness (QED) is 0.498. The molecule has 0 spiro atoms. The lowest BCUT2D eigenvalue weighted by Crippen LogP contribution is -2.06. The van der Waals surface area contributed by atoms with Gasteiger partial charge in [-0.2, -0.15) is 0 Å². The Morgan fingerprint density at radius 1 is 1.19 bits per heavy atom. The van der Waals surface area contributed by atoms with Crippen LogP contribution in [0.15, 0.2) is 36.5 Å². The van der Waals surface area contributed by atoms with E-state index in [1.807, 2.05) is 24.4 Å². The predicted molar refractivity (Wildman–Crippen MR) is 112 cm³/mol. The fourth-order valence-electron chi connectivity index (χ4n) is 3.08. The molecule has 3 aromatic rings. The molecule has 140 valence electrons. The molecule has 0 saturated carbocycles. The number of fused-ring (bicyclic) bond motifs is 1. The highest BCUT2D eigenvalue weighted by atomic mass is 35.5. The van der Waals surface area contributed by atoms with Gasteiger partial charge in [-0.05, 0) is 55.5 Å². The van der Waals surface area contributed by atoms with Crippen molar-refractivity contribution in [1.29, 1.82) is 0 Å². The summed E-state index contributed by atoms with van der Waals surface area (Å²) >= 11 is 6.16. The van der Waals surface area contributed by atoms with Crippen LogP contribution in [0, 0.1) is 19.8 Å². The molecule has 0 aliphatic carbocycles. The van der Waals surface area contributed by atoms with Crippen molar-refractivity contribution in [2.45, 2.75) is 40.7 Å². The highest BCUT2D eigenvalue weighted by molar-refractivity contribution is 6.30. The van der Waals surface area contributed by atoms with Gasteiger partial charge in [-0.3, -0.25) is 0 Å². The summed E-state index contributed by atoms with van der Waals surface area (Å²) in [5.74, 6) is 1.33. The summed E-state index contributed by atoms with van der Waals surface area (Å²) in [6.45, 7) is 10.1. The fraction of sp³-hybridized carbons (Fsp3) is 0.381. The molecular weight excluding hydrogens is 367 g/mol. The standard InChI is InChI=1S/C21H25ClN2O.ClH/c1-14(2)9-11-25-21-20-19(8-10-23-21)15(3)16(4)24(20)13-17-6-5-7-18(22)12-17;/h5-8,10,12,14H,9,11,13H2,1-4H3;1H. The van der Waals surface area contributed by atoms with Gasteiger partial charge in [0, 0.05) is 28.8 Å². The molecule has 3 rings (SSSR count). The number of ether oxygens (including phenoxy) is 1. The lowest BCUT2D eigenvalue weighted by Gasteiger charge is -2.13. The van der Waals surface area contributed by atoms with Gasteiger partial charge in [0.2, 0.25) is 5.88 Å². The third-order valence-corrected chi connectivity index (χ3v) is 4.91. The third-order valence-electron chi connectivity index (χ3n) is 4.68. The summed E-state index contributed by atoms with van der Waals surface area (Å²) < 4.78 is 8.33. The van der Waals surface area contributed by atoms with Gasteiger partial charge < -0.3 is 9.30 Å². The minimum atomic E-state index is 0. The van der Waals surface area contributed by atoms with Crippen LogP contribution in [0.1, 0.15) is 37.1 Å². The smallest absolute Gasteiger partial charge is 0.238 e. The van der Waals surface area contributed by atoms with E-state index in [0.717, 1.165) is 29.4 Å². The zero-order valence-corrected chi connectivity index (χ0v) is 17.3. The summed E-state index contributed by atoms with van der Waals surface area (Å²) in [5.41, 5.74) is 4.75. The van der Waals surface area contributed by atoms with Crippen LogP contribution >= 0.6 is 24.0 Å². The number of benzene rings is 1. The topological polar surface area (TPSA) is 27.1 Å². The molecular formula is C21H26Cl2N2O. The van der Waals surface area contributed by atoms with Crippen LogP contribution in [0.2, 0.25) is 5.02 Å². The van der Waals surface area contributed by atoms with E-state index in [1.165, 1.54) is 22.2 Å². The number of halogens is 2. The SMILES string of the molecule is Cc1c(C)n(Cc2cccc(Cl)c2)c2c(OCCC(C)C)nccc12.Cl. The van der Waals surface area contributed by atoms with Crippen LogP contribution < -0.4 is 4.74 Å². The van der Waals surface area contributed by atoms with Crippen molar-refractivity contribution in [3.63, 3.8) is 0 Å².